The molecule has 2 aromatic rings. The summed E-state index contributed by atoms with van der Waals surface area (Å²) in [5.41, 5.74) is -1.09. The Morgan fingerprint density at radius 1 is 1.40 bits per heavy atom. The highest BCUT2D eigenvalue weighted by Gasteiger charge is 2.13. The SMILES string of the molecule is O=C(O)c1coc2ccc(F)cc2c1=O. The first-order chi connectivity index (χ1) is 7.09. The lowest BCUT2D eigenvalue weighted by molar-refractivity contribution is 0.0693. The van der Waals surface area contributed by atoms with E-state index in [0.29, 0.717) is 0 Å². The van der Waals surface area contributed by atoms with Crippen molar-refractivity contribution in [2.24, 2.45) is 0 Å². The third kappa shape index (κ3) is 1.48. The van der Waals surface area contributed by atoms with E-state index < -0.39 is 22.8 Å². The number of halogens is 1. The van der Waals surface area contributed by atoms with Crippen LogP contribution in [0.5, 0.6) is 0 Å². The molecule has 0 saturated heterocycles. The van der Waals surface area contributed by atoms with Crippen molar-refractivity contribution in [3.8, 4) is 0 Å². The minimum Gasteiger partial charge on any atom is -0.477 e. The summed E-state index contributed by atoms with van der Waals surface area (Å²) in [4.78, 5) is 22.1. The van der Waals surface area contributed by atoms with E-state index in [0.717, 1.165) is 18.4 Å². The van der Waals surface area contributed by atoms with Gasteiger partial charge in [0.2, 0.25) is 5.43 Å². The number of hydrogen-bond donors (Lipinski definition) is 1. The fraction of sp³-hybridized carbons (Fsp3) is 0. The first-order valence-electron chi connectivity index (χ1n) is 4.04. The van der Waals surface area contributed by atoms with Crippen LogP contribution in [0.3, 0.4) is 0 Å². The molecule has 0 radical (unpaired) electrons. The minimum atomic E-state index is -1.39. The zero-order valence-electron chi connectivity index (χ0n) is 7.36. The van der Waals surface area contributed by atoms with E-state index in [1.54, 1.807) is 0 Å². The van der Waals surface area contributed by atoms with E-state index >= 15 is 0 Å². The summed E-state index contributed by atoms with van der Waals surface area (Å²) in [6.45, 7) is 0. The van der Waals surface area contributed by atoms with Crippen molar-refractivity contribution in [2.75, 3.05) is 0 Å². The van der Waals surface area contributed by atoms with Gasteiger partial charge in [0.15, 0.2) is 0 Å². The molecule has 0 amide bonds. The molecule has 1 aromatic heterocycles. The highest BCUT2D eigenvalue weighted by molar-refractivity contribution is 5.91. The zero-order chi connectivity index (χ0) is 11.0. The molecule has 5 heteroatoms. The van der Waals surface area contributed by atoms with Crippen molar-refractivity contribution in [3.63, 3.8) is 0 Å². The van der Waals surface area contributed by atoms with Crippen LogP contribution < -0.4 is 5.43 Å². The zero-order valence-corrected chi connectivity index (χ0v) is 7.36. The third-order valence-electron chi connectivity index (χ3n) is 1.97. The quantitative estimate of drug-likeness (QED) is 0.773. The average Bonchev–Trinajstić information content (AvgIpc) is 2.19. The molecule has 0 aliphatic rings. The Morgan fingerprint density at radius 2 is 2.13 bits per heavy atom. The molecule has 2 rings (SSSR count). The van der Waals surface area contributed by atoms with Gasteiger partial charge in [0, 0.05) is 0 Å². The highest BCUT2D eigenvalue weighted by Crippen LogP contribution is 2.12. The normalized spacial score (nSPS) is 10.5. The molecule has 0 aliphatic heterocycles. The second-order valence-corrected chi connectivity index (χ2v) is 2.92. The molecular weight excluding hydrogens is 203 g/mol. The fourth-order valence-corrected chi connectivity index (χ4v) is 1.25. The predicted molar refractivity (Wildman–Crippen MR) is 49.4 cm³/mol. The van der Waals surface area contributed by atoms with Crippen LogP contribution in [0.1, 0.15) is 10.4 Å². The lowest BCUT2D eigenvalue weighted by Crippen LogP contribution is -2.14. The van der Waals surface area contributed by atoms with Gasteiger partial charge in [0.05, 0.1) is 5.39 Å². The van der Waals surface area contributed by atoms with Crippen LogP contribution in [0.2, 0.25) is 0 Å². The molecule has 76 valence electrons. The van der Waals surface area contributed by atoms with E-state index in [9.17, 15) is 14.0 Å². The Balaban J connectivity index is 2.89. The van der Waals surface area contributed by atoms with Crippen molar-refractivity contribution in [3.05, 3.63) is 46.1 Å². The molecule has 0 bridgehead atoms. The van der Waals surface area contributed by atoms with Gasteiger partial charge in [0.25, 0.3) is 0 Å². The standard InChI is InChI=1S/C10H5FO4/c11-5-1-2-8-6(3-5)9(12)7(4-15-8)10(13)14/h1-4H,(H,13,14). The topological polar surface area (TPSA) is 67.5 Å². The number of benzene rings is 1. The van der Waals surface area contributed by atoms with E-state index in [1.165, 1.54) is 6.07 Å². The van der Waals surface area contributed by atoms with Crippen LogP contribution >= 0.6 is 0 Å². The van der Waals surface area contributed by atoms with Crippen molar-refractivity contribution >= 4 is 16.9 Å². The van der Waals surface area contributed by atoms with Gasteiger partial charge < -0.3 is 9.52 Å². The molecule has 0 saturated carbocycles. The summed E-state index contributed by atoms with van der Waals surface area (Å²) in [6, 6.07) is 3.36. The Labute approximate surface area is 82.6 Å². The van der Waals surface area contributed by atoms with Crippen LogP contribution in [-0.4, -0.2) is 11.1 Å². The van der Waals surface area contributed by atoms with Crippen LogP contribution in [0.4, 0.5) is 4.39 Å². The van der Waals surface area contributed by atoms with Gasteiger partial charge in [-0.25, -0.2) is 9.18 Å². The van der Waals surface area contributed by atoms with E-state index in [-0.39, 0.29) is 11.0 Å². The molecule has 0 atom stereocenters. The summed E-state index contributed by atoms with van der Waals surface area (Å²) in [7, 11) is 0. The summed E-state index contributed by atoms with van der Waals surface area (Å²) in [5.74, 6) is -2.01. The van der Waals surface area contributed by atoms with Crippen LogP contribution in [-0.2, 0) is 0 Å². The maximum atomic E-state index is 12.8. The van der Waals surface area contributed by atoms with Gasteiger partial charge in [-0.3, -0.25) is 4.79 Å². The summed E-state index contributed by atoms with van der Waals surface area (Å²) >= 11 is 0. The van der Waals surface area contributed by atoms with Crippen molar-refractivity contribution in [1.82, 2.24) is 0 Å². The molecule has 0 spiro atoms. The van der Waals surface area contributed by atoms with E-state index in [4.69, 9.17) is 9.52 Å². The molecule has 1 N–H and O–H groups in total. The fourth-order valence-electron chi connectivity index (χ4n) is 1.25. The molecule has 1 aromatic carbocycles. The summed E-state index contributed by atoms with van der Waals surface area (Å²) in [6.07, 6.45) is 0.852. The summed E-state index contributed by atoms with van der Waals surface area (Å²) < 4.78 is 17.7. The summed E-state index contributed by atoms with van der Waals surface area (Å²) in [5, 5.41) is 8.57. The van der Waals surface area contributed by atoms with Crippen LogP contribution in [0.15, 0.2) is 33.7 Å². The first-order valence-corrected chi connectivity index (χ1v) is 4.04. The number of fused-ring (bicyclic) bond motifs is 1. The van der Waals surface area contributed by atoms with Crippen molar-refractivity contribution in [2.45, 2.75) is 0 Å². The Bertz CT molecular complexity index is 600. The number of aromatic carboxylic acids is 1. The lowest BCUT2D eigenvalue weighted by Gasteiger charge is -1.97. The lowest BCUT2D eigenvalue weighted by atomic mass is 10.2. The van der Waals surface area contributed by atoms with Gasteiger partial charge in [-0.2, -0.15) is 0 Å². The van der Waals surface area contributed by atoms with Gasteiger partial charge in [-0.1, -0.05) is 0 Å². The molecule has 1 heterocycles. The Kier molecular flexibility index (Phi) is 2.00. The number of rotatable bonds is 1. The van der Waals surface area contributed by atoms with Gasteiger partial charge in [-0.05, 0) is 18.2 Å². The molecule has 4 nitrogen and oxygen atoms in total. The van der Waals surface area contributed by atoms with Gasteiger partial charge in [-0.15, -0.1) is 0 Å². The minimum absolute atomic E-state index is 0.0742. The molecular formula is C10H5FO4. The van der Waals surface area contributed by atoms with Gasteiger partial charge >= 0.3 is 5.97 Å². The highest BCUT2D eigenvalue weighted by atomic mass is 19.1. The molecule has 15 heavy (non-hydrogen) atoms. The van der Waals surface area contributed by atoms with Crippen molar-refractivity contribution in [1.29, 1.82) is 0 Å². The third-order valence-corrected chi connectivity index (χ3v) is 1.97. The smallest absolute Gasteiger partial charge is 0.342 e. The Hall–Kier alpha value is -2.17. The average molecular weight is 208 g/mol. The maximum Gasteiger partial charge on any atom is 0.342 e. The number of hydrogen-bond acceptors (Lipinski definition) is 3. The van der Waals surface area contributed by atoms with E-state index in [2.05, 4.69) is 0 Å². The molecule has 0 aliphatic carbocycles. The number of carbonyl (C=O) groups is 1. The number of carboxylic acids is 1. The van der Waals surface area contributed by atoms with Crippen LogP contribution in [0.25, 0.3) is 11.0 Å². The predicted octanol–water partition coefficient (Wildman–Crippen LogP) is 1.63. The maximum absolute atomic E-state index is 12.8. The number of carboxylic acid groups (broad SMARTS) is 1. The molecule has 0 unspecified atom stereocenters. The van der Waals surface area contributed by atoms with Gasteiger partial charge in [0.1, 0.15) is 23.2 Å². The second kappa shape index (κ2) is 3.20. The van der Waals surface area contributed by atoms with Crippen molar-refractivity contribution < 1.29 is 18.7 Å². The van der Waals surface area contributed by atoms with Crippen LogP contribution in [0, 0.1) is 5.82 Å². The Morgan fingerprint density at radius 3 is 2.80 bits per heavy atom. The largest absolute Gasteiger partial charge is 0.477 e. The first kappa shape index (κ1) is 9.39. The van der Waals surface area contributed by atoms with E-state index in [1.807, 2.05) is 0 Å². The molecule has 0 fully saturated rings. The monoisotopic (exact) mass is 208 g/mol. The second-order valence-electron chi connectivity index (χ2n) is 2.92.